The van der Waals surface area contributed by atoms with E-state index in [1.54, 1.807) is 26.0 Å². The number of esters is 1. The monoisotopic (exact) mass is 315 g/mol. The molecule has 1 aromatic rings. The van der Waals surface area contributed by atoms with Crippen LogP contribution in [-0.4, -0.2) is 36.6 Å². The van der Waals surface area contributed by atoms with Crippen molar-refractivity contribution < 1.29 is 24.1 Å². The van der Waals surface area contributed by atoms with Crippen LogP contribution in [0.5, 0.6) is 11.5 Å². The maximum Gasteiger partial charge on any atom is 0.343 e. The Balaban J connectivity index is 1.93. The van der Waals surface area contributed by atoms with E-state index in [4.69, 9.17) is 14.2 Å². The number of carbonyl (C=O) groups is 1. The Morgan fingerprint density at radius 3 is 2.83 bits per heavy atom. The van der Waals surface area contributed by atoms with Gasteiger partial charge in [0.05, 0.1) is 12.3 Å². The molecule has 0 saturated heterocycles. The van der Waals surface area contributed by atoms with E-state index in [1.165, 1.54) is 0 Å². The molecule has 1 N–H and O–H groups in total. The Kier molecular flexibility index (Phi) is 4.06. The van der Waals surface area contributed by atoms with E-state index in [0.717, 1.165) is 5.56 Å². The molecular weight excluding hydrogens is 298 g/mol. The number of carbonyl (C=O) groups excluding carboxylic acids is 1. The number of hydrogen-bond donors (Lipinski definition) is 1. The number of benzene rings is 1. The van der Waals surface area contributed by atoms with E-state index < -0.39 is 5.97 Å². The van der Waals surface area contributed by atoms with E-state index in [2.05, 4.69) is 4.99 Å². The average Bonchev–Trinajstić information content (AvgIpc) is 2.81. The zero-order valence-corrected chi connectivity index (χ0v) is 13.0. The predicted octanol–water partition coefficient (Wildman–Crippen LogP) is 2.65. The molecule has 0 amide bonds. The fraction of sp³-hybridized carbons (Fsp3) is 0.294. The van der Waals surface area contributed by atoms with Gasteiger partial charge >= 0.3 is 5.97 Å². The van der Waals surface area contributed by atoms with Gasteiger partial charge in [0.2, 0.25) is 0 Å². The first-order chi connectivity index (χ1) is 11.1. The van der Waals surface area contributed by atoms with Crippen molar-refractivity contribution in [2.24, 2.45) is 4.99 Å². The minimum atomic E-state index is -0.572. The standard InChI is InChI=1S/C17H17NO5/c1-3-21-17(20)15-10(2)18-12(16(15)19)8-11-4-5-13-14(9-11)23-7-6-22-13/h4-5,8-9,19H,3,6-7H2,1-2H3. The summed E-state index contributed by atoms with van der Waals surface area (Å²) in [6, 6.07) is 5.45. The summed E-state index contributed by atoms with van der Waals surface area (Å²) in [6.07, 6.45) is 1.68. The van der Waals surface area contributed by atoms with Crippen LogP contribution < -0.4 is 9.47 Å². The van der Waals surface area contributed by atoms with E-state index in [-0.39, 0.29) is 17.9 Å². The van der Waals surface area contributed by atoms with E-state index >= 15 is 0 Å². The molecule has 6 heteroatoms. The Morgan fingerprint density at radius 2 is 2.09 bits per heavy atom. The van der Waals surface area contributed by atoms with E-state index in [0.29, 0.717) is 36.1 Å². The average molecular weight is 315 g/mol. The van der Waals surface area contributed by atoms with Gasteiger partial charge in [-0.25, -0.2) is 9.79 Å². The van der Waals surface area contributed by atoms with Gasteiger partial charge in [-0.15, -0.1) is 0 Å². The molecule has 0 aromatic heterocycles. The molecule has 0 unspecified atom stereocenters. The molecule has 120 valence electrons. The molecule has 2 aliphatic heterocycles. The number of hydrogen-bond acceptors (Lipinski definition) is 6. The molecule has 0 bridgehead atoms. The lowest BCUT2D eigenvalue weighted by Gasteiger charge is -2.18. The molecule has 2 heterocycles. The van der Waals surface area contributed by atoms with Crippen LogP contribution in [0.2, 0.25) is 0 Å². The lowest BCUT2D eigenvalue weighted by molar-refractivity contribution is -0.138. The predicted molar refractivity (Wildman–Crippen MR) is 84.8 cm³/mol. The largest absolute Gasteiger partial charge is 0.505 e. The highest BCUT2D eigenvalue weighted by Gasteiger charge is 2.27. The van der Waals surface area contributed by atoms with E-state index in [1.807, 2.05) is 12.1 Å². The summed E-state index contributed by atoms with van der Waals surface area (Å²) >= 11 is 0. The highest BCUT2D eigenvalue weighted by molar-refractivity contribution is 6.22. The molecule has 0 aliphatic carbocycles. The molecular formula is C17H17NO5. The molecule has 6 nitrogen and oxygen atoms in total. The lowest BCUT2D eigenvalue weighted by atomic mass is 10.1. The normalized spacial score (nSPS) is 18.2. The van der Waals surface area contributed by atoms with Crippen LogP contribution in [0, 0.1) is 0 Å². The van der Waals surface area contributed by atoms with Crippen molar-refractivity contribution in [2.75, 3.05) is 19.8 Å². The number of ether oxygens (including phenoxy) is 3. The summed E-state index contributed by atoms with van der Waals surface area (Å²) in [5.41, 5.74) is 1.65. The number of aliphatic imine (C=N–C) groups is 1. The first kappa shape index (κ1) is 15.1. The van der Waals surface area contributed by atoms with Gasteiger partial charge in [-0.05, 0) is 37.6 Å². The molecule has 0 radical (unpaired) electrons. The van der Waals surface area contributed by atoms with Crippen LogP contribution in [0.3, 0.4) is 0 Å². The van der Waals surface area contributed by atoms with Crippen LogP contribution >= 0.6 is 0 Å². The quantitative estimate of drug-likeness (QED) is 0.868. The van der Waals surface area contributed by atoms with Crippen LogP contribution in [0.15, 0.2) is 40.2 Å². The van der Waals surface area contributed by atoms with Gasteiger partial charge in [0.1, 0.15) is 24.5 Å². The second kappa shape index (κ2) is 6.16. The first-order valence-electron chi connectivity index (χ1n) is 7.38. The molecule has 0 atom stereocenters. The van der Waals surface area contributed by atoms with Gasteiger partial charge in [0, 0.05) is 0 Å². The van der Waals surface area contributed by atoms with Crippen LogP contribution in [0.4, 0.5) is 0 Å². The third-order valence-corrected chi connectivity index (χ3v) is 3.48. The van der Waals surface area contributed by atoms with Crippen molar-refractivity contribution in [3.05, 3.63) is 40.8 Å². The van der Waals surface area contributed by atoms with Gasteiger partial charge in [0.15, 0.2) is 17.3 Å². The van der Waals surface area contributed by atoms with Gasteiger partial charge in [-0.2, -0.15) is 0 Å². The number of fused-ring (bicyclic) bond motifs is 1. The van der Waals surface area contributed by atoms with Crippen LogP contribution in [0.25, 0.3) is 6.08 Å². The number of nitrogens with zero attached hydrogens (tertiary/aromatic N) is 1. The Bertz CT molecular complexity index is 745. The number of rotatable bonds is 3. The van der Waals surface area contributed by atoms with Crippen LogP contribution in [0.1, 0.15) is 19.4 Å². The number of aliphatic hydroxyl groups excluding tert-OH is 1. The summed E-state index contributed by atoms with van der Waals surface area (Å²) in [4.78, 5) is 16.1. The zero-order valence-electron chi connectivity index (χ0n) is 13.0. The topological polar surface area (TPSA) is 77.4 Å². The highest BCUT2D eigenvalue weighted by Crippen LogP contribution is 2.33. The summed E-state index contributed by atoms with van der Waals surface area (Å²) in [6.45, 7) is 4.64. The minimum absolute atomic E-state index is 0.107. The lowest BCUT2D eigenvalue weighted by Crippen LogP contribution is -2.15. The third-order valence-electron chi connectivity index (χ3n) is 3.48. The van der Waals surface area contributed by atoms with E-state index in [9.17, 15) is 9.90 Å². The summed E-state index contributed by atoms with van der Waals surface area (Å²) < 4.78 is 15.9. The fourth-order valence-electron chi connectivity index (χ4n) is 2.44. The fourth-order valence-corrected chi connectivity index (χ4v) is 2.44. The van der Waals surface area contributed by atoms with Gasteiger partial charge in [-0.1, -0.05) is 6.07 Å². The Labute approximate surface area is 133 Å². The SMILES string of the molecule is CCOC(=O)C1=C(O)C(=Cc2ccc3c(c2)OCCO3)N=C1C. The Morgan fingerprint density at radius 1 is 1.35 bits per heavy atom. The molecule has 0 spiro atoms. The molecule has 2 aliphatic rings. The smallest absolute Gasteiger partial charge is 0.343 e. The summed E-state index contributed by atoms with van der Waals surface area (Å²) in [5.74, 6) is 0.600. The van der Waals surface area contributed by atoms with Gasteiger partial charge in [0.25, 0.3) is 0 Å². The first-order valence-corrected chi connectivity index (χ1v) is 7.38. The molecule has 1 aromatic carbocycles. The second-order valence-electron chi connectivity index (χ2n) is 5.07. The second-order valence-corrected chi connectivity index (χ2v) is 5.07. The van der Waals surface area contributed by atoms with Crippen LogP contribution in [-0.2, 0) is 9.53 Å². The molecule has 3 rings (SSSR count). The molecule has 0 saturated carbocycles. The van der Waals surface area contributed by atoms with Crippen molar-refractivity contribution in [3.8, 4) is 11.5 Å². The van der Waals surface area contributed by atoms with Crippen molar-refractivity contribution in [2.45, 2.75) is 13.8 Å². The maximum absolute atomic E-state index is 11.9. The van der Waals surface area contributed by atoms with Gasteiger partial charge in [-0.3, -0.25) is 0 Å². The van der Waals surface area contributed by atoms with Crippen molar-refractivity contribution in [3.63, 3.8) is 0 Å². The maximum atomic E-state index is 11.9. The third kappa shape index (κ3) is 2.92. The Hall–Kier alpha value is -2.76. The summed E-state index contributed by atoms with van der Waals surface area (Å²) in [7, 11) is 0. The minimum Gasteiger partial charge on any atom is -0.505 e. The molecule has 0 fully saturated rings. The van der Waals surface area contributed by atoms with Crippen molar-refractivity contribution in [1.82, 2.24) is 0 Å². The molecule has 23 heavy (non-hydrogen) atoms. The summed E-state index contributed by atoms with van der Waals surface area (Å²) in [5, 5.41) is 10.3. The van der Waals surface area contributed by atoms with Gasteiger partial charge < -0.3 is 19.3 Å². The zero-order chi connectivity index (χ0) is 16.4. The van der Waals surface area contributed by atoms with Crippen molar-refractivity contribution >= 4 is 17.8 Å². The van der Waals surface area contributed by atoms with Crippen molar-refractivity contribution in [1.29, 1.82) is 0 Å². The number of aliphatic hydroxyl groups is 1. The highest BCUT2D eigenvalue weighted by atomic mass is 16.6.